The third-order valence-corrected chi connectivity index (χ3v) is 2.98. The number of halogens is 1. The van der Waals surface area contributed by atoms with Gasteiger partial charge in [0, 0.05) is 0 Å². The van der Waals surface area contributed by atoms with Crippen LogP contribution in [-0.4, -0.2) is 0 Å². The molecular weight excluding hydrogens is 254 g/mol. The van der Waals surface area contributed by atoms with Gasteiger partial charge in [0.25, 0.3) is 0 Å². The Morgan fingerprint density at radius 2 is 2.13 bits per heavy atom. The molecule has 0 radical (unpaired) electrons. The first-order valence-corrected chi connectivity index (χ1v) is 5.53. The molecule has 78 valence electrons. The van der Waals surface area contributed by atoms with Crippen LogP contribution in [-0.2, 0) is 0 Å². The van der Waals surface area contributed by atoms with Crippen LogP contribution < -0.4 is 5.73 Å². The van der Waals surface area contributed by atoms with E-state index in [-0.39, 0.29) is 6.04 Å². The first-order chi connectivity index (χ1) is 7.18. The highest BCUT2D eigenvalue weighted by Gasteiger charge is 2.15. The summed E-state index contributed by atoms with van der Waals surface area (Å²) in [5.41, 5.74) is 8.37. The van der Waals surface area contributed by atoms with E-state index in [1.807, 2.05) is 31.2 Å². The molecule has 0 amide bonds. The van der Waals surface area contributed by atoms with Gasteiger partial charge in [0.15, 0.2) is 0 Å². The van der Waals surface area contributed by atoms with Crippen LogP contribution in [0.5, 0.6) is 0 Å². The fourth-order valence-electron chi connectivity index (χ4n) is 1.54. The average Bonchev–Trinajstić information content (AvgIpc) is 2.63. The maximum absolute atomic E-state index is 6.11. The molecule has 0 aliphatic heterocycles. The van der Waals surface area contributed by atoms with E-state index in [4.69, 9.17) is 10.2 Å². The summed E-state index contributed by atoms with van der Waals surface area (Å²) < 4.78 is 6.26. The van der Waals surface area contributed by atoms with Gasteiger partial charge in [-0.3, -0.25) is 0 Å². The number of hydrogen-bond donors (Lipinski definition) is 1. The summed E-state index contributed by atoms with van der Waals surface area (Å²) in [5, 5.41) is 0. The largest absolute Gasteiger partial charge is 0.466 e. The molecule has 15 heavy (non-hydrogen) atoms. The molecule has 1 unspecified atom stereocenters. The molecule has 3 heteroatoms. The second-order valence-corrected chi connectivity index (χ2v) is 4.38. The summed E-state index contributed by atoms with van der Waals surface area (Å²) in [6, 6.07) is 9.76. The van der Waals surface area contributed by atoms with Gasteiger partial charge in [0.05, 0.1) is 16.8 Å². The molecule has 0 bridgehead atoms. The summed E-state index contributed by atoms with van der Waals surface area (Å²) in [7, 11) is 0. The molecule has 0 aliphatic rings. The molecule has 2 rings (SSSR count). The smallest absolute Gasteiger partial charge is 0.139 e. The lowest BCUT2D eigenvalue weighted by Gasteiger charge is -2.10. The Labute approximate surface area is 97.2 Å². The lowest BCUT2D eigenvalue weighted by molar-refractivity contribution is 0.487. The molecule has 0 spiro atoms. The fraction of sp³-hybridized carbons (Fsp3) is 0.167. The van der Waals surface area contributed by atoms with Crippen molar-refractivity contribution in [1.82, 2.24) is 0 Å². The Morgan fingerprint density at radius 1 is 1.33 bits per heavy atom. The van der Waals surface area contributed by atoms with Crippen molar-refractivity contribution < 1.29 is 4.42 Å². The Hall–Kier alpha value is -1.06. The van der Waals surface area contributed by atoms with Crippen molar-refractivity contribution in [2.75, 3.05) is 0 Å². The van der Waals surface area contributed by atoms with Gasteiger partial charge in [-0.1, -0.05) is 29.8 Å². The summed E-state index contributed by atoms with van der Waals surface area (Å²) in [4.78, 5) is 0. The third-order valence-electron chi connectivity index (χ3n) is 2.33. The normalized spacial score (nSPS) is 12.7. The van der Waals surface area contributed by atoms with Crippen LogP contribution in [0.3, 0.4) is 0 Å². The first-order valence-electron chi connectivity index (χ1n) is 4.73. The van der Waals surface area contributed by atoms with Crippen molar-refractivity contribution in [3.8, 4) is 0 Å². The van der Waals surface area contributed by atoms with Gasteiger partial charge in [0.2, 0.25) is 0 Å². The minimum absolute atomic E-state index is 0.214. The second-order valence-electron chi connectivity index (χ2n) is 3.52. The Morgan fingerprint density at radius 3 is 2.73 bits per heavy atom. The number of benzene rings is 1. The summed E-state index contributed by atoms with van der Waals surface area (Å²) in [6.45, 7) is 2.05. The Kier molecular flexibility index (Phi) is 2.93. The molecule has 1 aromatic heterocycles. The van der Waals surface area contributed by atoms with Crippen molar-refractivity contribution in [3.05, 3.63) is 58.0 Å². The molecule has 0 saturated carbocycles. The highest BCUT2D eigenvalue weighted by molar-refractivity contribution is 9.10. The minimum Gasteiger partial charge on any atom is -0.466 e. The van der Waals surface area contributed by atoms with Crippen molar-refractivity contribution in [2.24, 2.45) is 5.73 Å². The lowest BCUT2D eigenvalue weighted by atomic mass is 10.0. The minimum atomic E-state index is -0.214. The zero-order chi connectivity index (χ0) is 10.8. The van der Waals surface area contributed by atoms with E-state index in [2.05, 4.69) is 22.0 Å². The number of aryl methyl sites for hydroxylation is 1. The SMILES string of the molecule is Cc1cccc(C(N)c2occc2Br)c1. The van der Waals surface area contributed by atoms with Crippen molar-refractivity contribution in [2.45, 2.75) is 13.0 Å². The topological polar surface area (TPSA) is 39.2 Å². The van der Waals surface area contributed by atoms with Crippen molar-refractivity contribution in [1.29, 1.82) is 0 Å². The van der Waals surface area contributed by atoms with Crippen LogP contribution in [0.1, 0.15) is 22.9 Å². The number of hydrogen-bond acceptors (Lipinski definition) is 2. The van der Waals surface area contributed by atoms with Gasteiger partial charge in [-0.05, 0) is 34.5 Å². The molecule has 1 atom stereocenters. The van der Waals surface area contributed by atoms with Gasteiger partial charge in [-0.25, -0.2) is 0 Å². The van der Waals surface area contributed by atoms with E-state index in [0.29, 0.717) is 0 Å². The van der Waals surface area contributed by atoms with Gasteiger partial charge in [-0.15, -0.1) is 0 Å². The summed E-state index contributed by atoms with van der Waals surface area (Å²) in [5.74, 6) is 0.764. The van der Waals surface area contributed by atoms with Crippen LogP contribution in [0.15, 0.2) is 45.5 Å². The van der Waals surface area contributed by atoms with Crippen LogP contribution in [0.4, 0.5) is 0 Å². The lowest BCUT2D eigenvalue weighted by Crippen LogP contribution is -2.11. The van der Waals surface area contributed by atoms with Crippen LogP contribution >= 0.6 is 15.9 Å². The van der Waals surface area contributed by atoms with Crippen LogP contribution in [0, 0.1) is 6.92 Å². The van der Waals surface area contributed by atoms with Crippen LogP contribution in [0.25, 0.3) is 0 Å². The predicted octanol–water partition coefficient (Wildman–Crippen LogP) is 3.40. The third kappa shape index (κ3) is 2.13. The summed E-state index contributed by atoms with van der Waals surface area (Å²) >= 11 is 3.41. The highest BCUT2D eigenvalue weighted by Crippen LogP contribution is 2.27. The molecule has 2 aromatic rings. The van der Waals surface area contributed by atoms with Crippen molar-refractivity contribution >= 4 is 15.9 Å². The van der Waals surface area contributed by atoms with E-state index in [1.54, 1.807) is 6.26 Å². The van der Waals surface area contributed by atoms with E-state index in [1.165, 1.54) is 5.56 Å². The molecule has 0 saturated heterocycles. The maximum Gasteiger partial charge on any atom is 0.139 e. The molecule has 1 aromatic carbocycles. The zero-order valence-corrected chi connectivity index (χ0v) is 9.99. The maximum atomic E-state index is 6.11. The molecule has 1 heterocycles. The zero-order valence-electron chi connectivity index (χ0n) is 8.41. The second kappa shape index (κ2) is 4.21. The standard InChI is InChI=1S/C12H12BrNO/c1-8-3-2-4-9(7-8)11(14)12-10(13)5-6-15-12/h2-7,11H,14H2,1H3. The molecule has 0 fully saturated rings. The van der Waals surface area contributed by atoms with Gasteiger partial charge >= 0.3 is 0 Å². The van der Waals surface area contributed by atoms with Crippen molar-refractivity contribution in [3.63, 3.8) is 0 Å². The van der Waals surface area contributed by atoms with E-state index in [0.717, 1.165) is 15.8 Å². The molecule has 0 aliphatic carbocycles. The van der Waals surface area contributed by atoms with Gasteiger partial charge in [0.1, 0.15) is 5.76 Å². The van der Waals surface area contributed by atoms with E-state index >= 15 is 0 Å². The average molecular weight is 266 g/mol. The Balaban J connectivity index is 2.36. The van der Waals surface area contributed by atoms with Gasteiger partial charge in [-0.2, -0.15) is 0 Å². The van der Waals surface area contributed by atoms with E-state index in [9.17, 15) is 0 Å². The number of furan rings is 1. The quantitative estimate of drug-likeness (QED) is 0.904. The fourth-order valence-corrected chi connectivity index (χ4v) is 1.99. The molecule has 2 N–H and O–H groups in total. The molecular formula is C12H12BrNO. The molecule has 2 nitrogen and oxygen atoms in total. The first kappa shape index (κ1) is 10.5. The number of nitrogens with two attached hydrogens (primary N) is 1. The predicted molar refractivity (Wildman–Crippen MR) is 63.6 cm³/mol. The monoisotopic (exact) mass is 265 g/mol. The van der Waals surface area contributed by atoms with Gasteiger partial charge < -0.3 is 10.2 Å². The van der Waals surface area contributed by atoms with Crippen LogP contribution in [0.2, 0.25) is 0 Å². The Bertz CT molecular complexity index is 464. The number of rotatable bonds is 2. The highest BCUT2D eigenvalue weighted by atomic mass is 79.9. The summed E-state index contributed by atoms with van der Waals surface area (Å²) in [6.07, 6.45) is 1.63. The van der Waals surface area contributed by atoms with E-state index < -0.39 is 0 Å².